The SMILES string of the molecule is c1ccc(-c2cccc3c2oc2c(N(c4ccccc4)c4ccc5c6cc7c(cc6n6c8ccccc8c4c56)c4ccc(N(c5ccccc5)c5cccc6c5oc5c(C8CCCCC8)cccc56)c5c6ccccc6n7c45)cccc23)cc1. The molecule has 0 spiro atoms. The molecule has 1 aliphatic carbocycles. The fourth-order valence-corrected chi connectivity index (χ4v) is 15.4. The largest absolute Gasteiger partial charge is 0.454 e. The van der Waals surface area contributed by atoms with Gasteiger partial charge in [-0.3, -0.25) is 0 Å². The van der Waals surface area contributed by atoms with Crippen LogP contribution in [0.2, 0.25) is 0 Å². The van der Waals surface area contributed by atoms with Crippen LogP contribution < -0.4 is 9.80 Å². The van der Waals surface area contributed by atoms with Crippen molar-refractivity contribution in [1.29, 1.82) is 0 Å². The van der Waals surface area contributed by atoms with Crippen LogP contribution in [0.1, 0.15) is 43.6 Å². The maximum Gasteiger partial charge on any atom is 0.159 e. The molecular formula is C78H52N4O2. The first kappa shape index (κ1) is 46.1. The Bertz CT molecular complexity index is 5670. The number of aromatic nitrogens is 2. The first-order chi connectivity index (χ1) is 41.7. The lowest BCUT2D eigenvalue weighted by Crippen LogP contribution is -2.10. The lowest BCUT2D eigenvalue weighted by molar-refractivity contribution is 0.442. The van der Waals surface area contributed by atoms with E-state index < -0.39 is 0 Å². The van der Waals surface area contributed by atoms with E-state index >= 15 is 0 Å². The highest BCUT2D eigenvalue weighted by Gasteiger charge is 2.31. The van der Waals surface area contributed by atoms with Gasteiger partial charge in [0.25, 0.3) is 0 Å². The zero-order valence-electron chi connectivity index (χ0n) is 45.9. The van der Waals surface area contributed by atoms with Crippen molar-refractivity contribution in [3.63, 3.8) is 0 Å². The summed E-state index contributed by atoms with van der Waals surface area (Å²) in [6, 6.07) is 91.3. The molecule has 0 unspecified atom stereocenters. The number of hydrogen-bond acceptors (Lipinski definition) is 4. The molecule has 6 aromatic heterocycles. The molecule has 12 aromatic carbocycles. The number of nitrogens with zero attached hydrogens (tertiary/aromatic N) is 4. The minimum atomic E-state index is 0.517. The standard InChI is InChI=1S/C78H52N4O2/c1-5-21-47(22-6-1)51-31-17-33-55-57-35-19-39-67(77(57)83-75(51)55)79(49-25-9-3-10-26-49)65-43-41-53-61-45-70-62(46-69(61)81-63-37-15-13-29-59(63)71(65)73(53)81)54-42-44-66(72-60-30-14-16-38-64(60)82(70)74(54)72)80(50-27-11-4-12-28-50)68-40-20-36-58-56-34-18-32-52(76(56)84-78(58)68)48-23-7-2-8-24-48/h1,3-6,9-22,25-46,48H,2,7-8,23-24H2. The lowest BCUT2D eigenvalue weighted by Gasteiger charge is -2.26. The molecule has 0 amide bonds. The van der Waals surface area contributed by atoms with Gasteiger partial charge >= 0.3 is 0 Å². The summed E-state index contributed by atoms with van der Waals surface area (Å²) in [5.41, 5.74) is 20.8. The van der Waals surface area contributed by atoms with Gasteiger partial charge in [-0.2, -0.15) is 0 Å². The molecule has 0 atom stereocenters. The molecule has 1 fully saturated rings. The summed E-state index contributed by atoms with van der Waals surface area (Å²) >= 11 is 0. The van der Waals surface area contributed by atoms with E-state index in [1.54, 1.807) is 0 Å². The second-order valence-corrected chi connectivity index (χ2v) is 23.3. The number of fused-ring (bicyclic) bond motifs is 18. The van der Waals surface area contributed by atoms with Crippen LogP contribution in [0.5, 0.6) is 0 Å². The van der Waals surface area contributed by atoms with E-state index in [2.05, 4.69) is 267 Å². The van der Waals surface area contributed by atoms with Crippen LogP contribution in [0.15, 0.2) is 258 Å². The topological polar surface area (TPSA) is 41.6 Å². The van der Waals surface area contributed by atoms with Gasteiger partial charge in [0, 0.05) is 81.6 Å². The lowest BCUT2D eigenvalue weighted by atomic mass is 9.83. The van der Waals surface area contributed by atoms with Gasteiger partial charge in [-0.15, -0.1) is 0 Å². The Kier molecular flexibility index (Phi) is 9.59. The Morgan fingerprint density at radius 2 is 0.750 bits per heavy atom. The summed E-state index contributed by atoms with van der Waals surface area (Å²) < 4.78 is 19.5. The van der Waals surface area contributed by atoms with Gasteiger partial charge in [-0.1, -0.05) is 195 Å². The molecule has 19 rings (SSSR count). The highest BCUT2D eigenvalue weighted by Crippen LogP contribution is 2.54. The van der Waals surface area contributed by atoms with Crippen LogP contribution in [-0.4, -0.2) is 8.80 Å². The molecule has 0 radical (unpaired) electrons. The molecule has 84 heavy (non-hydrogen) atoms. The predicted octanol–water partition coefficient (Wildman–Crippen LogP) is 22.4. The third-order valence-electron chi connectivity index (χ3n) is 18.9. The summed E-state index contributed by atoms with van der Waals surface area (Å²) in [7, 11) is 0. The van der Waals surface area contributed by atoms with Gasteiger partial charge < -0.3 is 27.4 Å². The monoisotopic (exact) mass is 1080 g/mol. The molecule has 18 aromatic rings. The molecule has 6 heteroatoms. The summed E-state index contributed by atoms with van der Waals surface area (Å²) in [5, 5.41) is 14.3. The molecule has 6 heterocycles. The van der Waals surface area contributed by atoms with Crippen molar-refractivity contribution < 1.29 is 8.83 Å². The summed E-state index contributed by atoms with van der Waals surface area (Å²) in [5.74, 6) is 0.517. The Morgan fingerprint density at radius 1 is 0.310 bits per heavy atom. The second-order valence-electron chi connectivity index (χ2n) is 23.3. The van der Waals surface area contributed by atoms with Crippen molar-refractivity contribution in [3.8, 4) is 11.1 Å². The molecule has 0 saturated heterocycles. The van der Waals surface area contributed by atoms with E-state index in [9.17, 15) is 0 Å². The number of rotatable bonds is 8. The third kappa shape index (κ3) is 6.29. The van der Waals surface area contributed by atoms with Crippen molar-refractivity contribution in [2.24, 2.45) is 0 Å². The smallest absolute Gasteiger partial charge is 0.159 e. The van der Waals surface area contributed by atoms with Crippen LogP contribution in [-0.2, 0) is 0 Å². The number of para-hydroxylation sites is 8. The van der Waals surface area contributed by atoms with Crippen molar-refractivity contribution in [2.75, 3.05) is 9.80 Å². The van der Waals surface area contributed by atoms with E-state index in [4.69, 9.17) is 8.83 Å². The average molecular weight is 1080 g/mol. The fourth-order valence-electron chi connectivity index (χ4n) is 15.4. The number of anilines is 6. The zero-order chi connectivity index (χ0) is 54.7. The second kappa shape index (κ2) is 17.5. The normalized spacial score (nSPS) is 13.7. The molecule has 396 valence electrons. The number of furan rings is 2. The molecular weight excluding hydrogens is 1020 g/mol. The minimum Gasteiger partial charge on any atom is -0.454 e. The molecule has 0 bridgehead atoms. The maximum atomic E-state index is 7.26. The first-order valence-corrected chi connectivity index (χ1v) is 29.7. The van der Waals surface area contributed by atoms with Gasteiger partial charge in [-0.25, -0.2) is 0 Å². The van der Waals surface area contributed by atoms with Crippen LogP contribution in [0.3, 0.4) is 0 Å². The van der Waals surface area contributed by atoms with E-state index in [1.807, 2.05) is 0 Å². The highest BCUT2D eigenvalue weighted by atomic mass is 16.3. The Morgan fingerprint density at radius 3 is 1.30 bits per heavy atom. The van der Waals surface area contributed by atoms with Gasteiger partial charge in [0.2, 0.25) is 0 Å². The van der Waals surface area contributed by atoms with E-state index in [-0.39, 0.29) is 0 Å². The van der Waals surface area contributed by atoms with Crippen molar-refractivity contribution in [2.45, 2.75) is 38.0 Å². The maximum absolute atomic E-state index is 7.26. The molecule has 1 saturated carbocycles. The molecule has 0 aliphatic heterocycles. The minimum absolute atomic E-state index is 0.517. The van der Waals surface area contributed by atoms with Crippen LogP contribution in [0, 0.1) is 0 Å². The van der Waals surface area contributed by atoms with Gasteiger partial charge in [-0.05, 0) is 103 Å². The van der Waals surface area contributed by atoms with Crippen molar-refractivity contribution >= 4 is 154 Å². The Labute approximate surface area is 482 Å². The van der Waals surface area contributed by atoms with Crippen LogP contribution in [0.25, 0.3) is 131 Å². The fraction of sp³-hybridized carbons (Fsp3) is 0.0769. The van der Waals surface area contributed by atoms with E-state index in [1.165, 1.54) is 119 Å². The number of hydrogen-bond donors (Lipinski definition) is 0. The highest BCUT2D eigenvalue weighted by molar-refractivity contribution is 6.33. The van der Waals surface area contributed by atoms with Gasteiger partial charge in [0.15, 0.2) is 11.2 Å². The average Bonchev–Trinajstić information content (AvgIpc) is 2.28. The quantitative estimate of drug-likeness (QED) is 0.152. The molecule has 1 aliphatic rings. The summed E-state index contributed by atoms with van der Waals surface area (Å²) in [4.78, 5) is 4.88. The van der Waals surface area contributed by atoms with Gasteiger partial charge in [0.05, 0.1) is 55.8 Å². The molecule has 0 N–H and O–H groups in total. The van der Waals surface area contributed by atoms with E-state index in [0.29, 0.717) is 5.92 Å². The zero-order valence-corrected chi connectivity index (χ0v) is 45.9. The molecule has 6 nitrogen and oxygen atoms in total. The van der Waals surface area contributed by atoms with Crippen molar-refractivity contribution in [1.82, 2.24) is 8.80 Å². The number of benzene rings is 12. The third-order valence-corrected chi connectivity index (χ3v) is 18.9. The predicted molar refractivity (Wildman–Crippen MR) is 351 cm³/mol. The summed E-state index contributed by atoms with van der Waals surface area (Å²) in [6.45, 7) is 0. The van der Waals surface area contributed by atoms with E-state index in [0.717, 1.165) is 83.7 Å². The van der Waals surface area contributed by atoms with Gasteiger partial charge in [0.1, 0.15) is 11.2 Å². The van der Waals surface area contributed by atoms with Crippen LogP contribution in [0.4, 0.5) is 34.1 Å². The van der Waals surface area contributed by atoms with Crippen molar-refractivity contribution in [3.05, 3.63) is 254 Å². The van der Waals surface area contributed by atoms with Crippen LogP contribution >= 0.6 is 0 Å². The Balaban J connectivity index is 0.847. The Hall–Kier alpha value is -10.6. The summed E-state index contributed by atoms with van der Waals surface area (Å²) in [6.07, 6.45) is 6.29. The first-order valence-electron chi connectivity index (χ1n) is 29.7.